The highest BCUT2D eigenvalue weighted by Gasteiger charge is 2.11. The Morgan fingerprint density at radius 3 is 2.81 bits per heavy atom. The summed E-state index contributed by atoms with van der Waals surface area (Å²) < 4.78 is 5.33. The van der Waals surface area contributed by atoms with Gasteiger partial charge in [-0.1, -0.05) is 17.7 Å². The molecule has 1 fully saturated rings. The molecule has 0 saturated carbocycles. The van der Waals surface area contributed by atoms with Crippen molar-refractivity contribution in [3.8, 4) is 0 Å². The van der Waals surface area contributed by atoms with Gasteiger partial charge in [0, 0.05) is 36.9 Å². The number of morpholine rings is 1. The first kappa shape index (κ1) is 18.6. The Balaban J connectivity index is 1.51. The van der Waals surface area contributed by atoms with E-state index >= 15 is 0 Å². The number of carbonyl (C=O) groups is 1. The van der Waals surface area contributed by atoms with Crippen molar-refractivity contribution < 1.29 is 9.53 Å². The monoisotopic (exact) mass is 375 g/mol. The summed E-state index contributed by atoms with van der Waals surface area (Å²) in [6.45, 7) is 7.07. The molecule has 0 bridgehead atoms. The number of ether oxygens (including phenoxy) is 1. The number of nitrogens with one attached hydrogen (secondary N) is 2. The summed E-state index contributed by atoms with van der Waals surface area (Å²) in [6, 6.07) is 5.35. The molecule has 1 aliphatic heterocycles. The van der Waals surface area contributed by atoms with Crippen molar-refractivity contribution in [2.45, 2.75) is 6.92 Å². The van der Waals surface area contributed by atoms with Crippen LogP contribution in [0.1, 0.15) is 16.1 Å². The van der Waals surface area contributed by atoms with E-state index in [1.807, 2.05) is 13.0 Å². The molecule has 1 aromatic heterocycles. The van der Waals surface area contributed by atoms with E-state index in [1.54, 1.807) is 18.3 Å². The van der Waals surface area contributed by atoms with E-state index in [0.29, 0.717) is 16.5 Å². The van der Waals surface area contributed by atoms with Crippen LogP contribution in [0.2, 0.25) is 5.02 Å². The molecule has 0 atom stereocenters. The average Bonchev–Trinajstić information content (AvgIpc) is 2.66. The first-order chi connectivity index (χ1) is 12.6. The largest absolute Gasteiger partial charge is 0.379 e. The summed E-state index contributed by atoms with van der Waals surface area (Å²) in [4.78, 5) is 23.1. The molecule has 2 N–H and O–H groups in total. The van der Waals surface area contributed by atoms with Gasteiger partial charge in [0.15, 0.2) is 0 Å². The molecular formula is C18H22ClN5O2. The summed E-state index contributed by atoms with van der Waals surface area (Å²) in [5.74, 6) is 0.330. The summed E-state index contributed by atoms with van der Waals surface area (Å²) in [6.07, 6.45) is 3.03. The number of aromatic nitrogens is 2. The minimum Gasteiger partial charge on any atom is -0.379 e. The predicted molar refractivity (Wildman–Crippen MR) is 102 cm³/mol. The summed E-state index contributed by atoms with van der Waals surface area (Å²) in [7, 11) is 0. The molecule has 0 aliphatic carbocycles. The van der Waals surface area contributed by atoms with Gasteiger partial charge in [-0.25, -0.2) is 9.97 Å². The van der Waals surface area contributed by atoms with Gasteiger partial charge >= 0.3 is 0 Å². The molecule has 138 valence electrons. The highest BCUT2D eigenvalue weighted by Crippen LogP contribution is 2.20. The van der Waals surface area contributed by atoms with Gasteiger partial charge in [0.2, 0.25) is 0 Å². The predicted octanol–water partition coefficient (Wildman–Crippen LogP) is 2.43. The average molecular weight is 376 g/mol. The number of aryl methyl sites for hydroxylation is 1. The zero-order valence-corrected chi connectivity index (χ0v) is 15.4. The third-order valence-electron chi connectivity index (χ3n) is 4.17. The molecule has 7 nitrogen and oxygen atoms in total. The molecule has 2 aromatic rings. The normalized spacial score (nSPS) is 14.8. The molecule has 1 amide bonds. The Hall–Kier alpha value is -2.22. The molecule has 0 unspecified atom stereocenters. The maximum atomic E-state index is 12.3. The number of rotatable bonds is 6. The Morgan fingerprint density at radius 1 is 1.27 bits per heavy atom. The van der Waals surface area contributed by atoms with E-state index in [4.69, 9.17) is 16.3 Å². The van der Waals surface area contributed by atoms with E-state index in [9.17, 15) is 4.79 Å². The molecule has 26 heavy (non-hydrogen) atoms. The van der Waals surface area contributed by atoms with Crippen molar-refractivity contribution in [2.75, 3.05) is 50.0 Å². The van der Waals surface area contributed by atoms with Crippen molar-refractivity contribution in [1.29, 1.82) is 0 Å². The highest BCUT2D eigenvalue weighted by molar-refractivity contribution is 6.31. The molecule has 0 spiro atoms. The van der Waals surface area contributed by atoms with Crippen molar-refractivity contribution >= 4 is 29.0 Å². The fraction of sp³-hybridized carbons (Fsp3) is 0.389. The molecule has 2 heterocycles. The third kappa shape index (κ3) is 5.14. The maximum Gasteiger partial charge on any atom is 0.275 e. The van der Waals surface area contributed by atoms with Crippen molar-refractivity contribution in [2.24, 2.45) is 0 Å². The number of amides is 1. The van der Waals surface area contributed by atoms with Gasteiger partial charge in [-0.2, -0.15) is 0 Å². The molecule has 3 rings (SSSR count). The van der Waals surface area contributed by atoms with E-state index in [1.165, 1.54) is 6.20 Å². The van der Waals surface area contributed by atoms with Crippen LogP contribution in [0.4, 0.5) is 11.5 Å². The van der Waals surface area contributed by atoms with Crippen LogP contribution in [0.15, 0.2) is 30.6 Å². The zero-order chi connectivity index (χ0) is 18.4. The fourth-order valence-electron chi connectivity index (χ4n) is 2.62. The topological polar surface area (TPSA) is 79.4 Å². The van der Waals surface area contributed by atoms with Gasteiger partial charge in [-0.15, -0.1) is 0 Å². The molecule has 0 radical (unpaired) electrons. The van der Waals surface area contributed by atoms with E-state index in [-0.39, 0.29) is 11.6 Å². The molecule has 8 heteroatoms. The zero-order valence-electron chi connectivity index (χ0n) is 14.7. The molecule has 1 aliphatic rings. The maximum absolute atomic E-state index is 12.3. The first-order valence-corrected chi connectivity index (χ1v) is 8.93. The van der Waals surface area contributed by atoms with Crippen LogP contribution in [0.3, 0.4) is 0 Å². The van der Waals surface area contributed by atoms with Crippen molar-refractivity contribution in [1.82, 2.24) is 14.9 Å². The second-order valence-electron chi connectivity index (χ2n) is 6.08. The quantitative estimate of drug-likeness (QED) is 0.807. The van der Waals surface area contributed by atoms with Gasteiger partial charge in [0.1, 0.15) is 11.5 Å². The Labute approximate surface area is 157 Å². The fourth-order valence-corrected chi connectivity index (χ4v) is 2.79. The molecule has 1 aromatic carbocycles. The number of halogens is 1. The third-order valence-corrected chi connectivity index (χ3v) is 4.41. The van der Waals surface area contributed by atoms with Crippen LogP contribution in [0, 0.1) is 6.92 Å². The highest BCUT2D eigenvalue weighted by atomic mass is 35.5. The second kappa shape index (κ2) is 8.93. The minimum atomic E-state index is -0.317. The van der Waals surface area contributed by atoms with Gasteiger partial charge in [0.05, 0.1) is 25.6 Å². The van der Waals surface area contributed by atoms with Crippen LogP contribution >= 0.6 is 11.6 Å². The van der Waals surface area contributed by atoms with Gasteiger partial charge in [0.25, 0.3) is 5.91 Å². The van der Waals surface area contributed by atoms with Crippen LogP contribution in [-0.4, -0.2) is 60.2 Å². The number of nitrogens with zero attached hydrogens (tertiary/aromatic N) is 3. The number of hydrogen-bond acceptors (Lipinski definition) is 6. The summed E-state index contributed by atoms with van der Waals surface area (Å²) in [5, 5.41) is 6.59. The molecule has 1 saturated heterocycles. The van der Waals surface area contributed by atoms with Crippen LogP contribution in [0.25, 0.3) is 0 Å². The Kier molecular flexibility index (Phi) is 6.38. The number of benzene rings is 1. The lowest BCUT2D eigenvalue weighted by molar-refractivity contribution is 0.0398. The lowest BCUT2D eigenvalue weighted by Crippen LogP contribution is -2.39. The lowest BCUT2D eigenvalue weighted by atomic mass is 10.2. The van der Waals surface area contributed by atoms with Crippen LogP contribution in [0.5, 0.6) is 0 Å². The van der Waals surface area contributed by atoms with E-state index in [0.717, 1.165) is 45.0 Å². The Morgan fingerprint density at radius 2 is 2.08 bits per heavy atom. The first-order valence-electron chi connectivity index (χ1n) is 8.55. The smallest absolute Gasteiger partial charge is 0.275 e. The number of hydrogen-bond donors (Lipinski definition) is 2. The SMILES string of the molecule is Cc1ccc(Cl)cc1NC(=O)c1cnc(NCCN2CCOCC2)cn1. The summed E-state index contributed by atoms with van der Waals surface area (Å²) in [5.41, 5.74) is 1.84. The van der Waals surface area contributed by atoms with Crippen molar-refractivity contribution in [3.05, 3.63) is 46.9 Å². The van der Waals surface area contributed by atoms with Gasteiger partial charge in [-0.3, -0.25) is 9.69 Å². The van der Waals surface area contributed by atoms with E-state index in [2.05, 4.69) is 25.5 Å². The Bertz CT molecular complexity index is 748. The van der Waals surface area contributed by atoms with Crippen LogP contribution in [-0.2, 0) is 4.74 Å². The van der Waals surface area contributed by atoms with Gasteiger partial charge in [-0.05, 0) is 24.6 Å². The van der Waals surface area contributed by atoms with Crippen LogP contribution < -0.4 is 10.6 Å². The molecular weight excluding hydrogens is 354 g/mol. The number of carbonyl (C=O) groups excluding carboxylic acids is 1. The second-order valence-corrected chi connectivity index (χ2v) is 6.52. The summed E-state index contributed by atoms with van der Waals surface area (Å²) >= 11 is 5.97. The van der Waals surface area contributed by atoms with Gasteiger partial charge < -0.3 is 15.4 Å². The number of anilines is 2. The lowest BCUT2D eigenvalue weighted by Gasteiger charge is -2.26. The minimum absolute atomic E-state index is 0.253. The standard InChI is InChI=1S/C18H22ClN5O2/c1-13-2-3-14(19)10-15(13)23-18(25)16-11-22-17(12-21-16)20-4-5-24-6-8-26-9-7-24/h2-3,10-12H,4-9H2,1H3,(H,20,22)(H,23,25). The van der Waals surface area contributed by atoms with Crippen molar-refractivity contribution in [3.63, 3.8) is 0 Å². The van der Waals surface area contributed by atoms with E-state index < -0.39 is 0 Å².